The van der Waals surface area contributed by atoms with Crippen LogP contribution in [0.15, 0.2) is 20.9 Å². The molecule has 0 spiro atoms. The summed E-state index contributed by atoms with van der Waals surface area (Å²) in [6.07, 6.45) is 2.07. The van der Waals surface area contributed by atoms with E-state index in [2.05, 4.69) is 51.4 Å². The van der Waals surface area contributed by atoms with E-state index in [1.165, 1.54) is 17.2 Å². The first-order valence-electron chi connectivity index (χ1n) is 6.60. The molecule has 0 saturated heterocycles. The second-order valence-electron chi connectivity index (χ2n) is 5.73. The summed E-state index contributed by atoms with van der Waals surface area (Å²) in [5.74, 6) is 0.817. The SMILES string of the molecule is Cc1nsc(Sc2nc3sccn3c2CNC(C)(C)C)n1. The molecule has 0 atom stereocenters. The lowest BCUT2D eigenvalue weighted by molar-refractivity contribution is 0.418. The van der Waals surface area contributed by atoms with Gasteiger partial charge in [0.05, 0.1) is 5.69 Å². The summed E-state index contributed by atoms with van der Waals surface area (Å²) >= 11 is 4.67. The third-order valence-corrected chi connectivity index (χ3v) is 5.42. The molecule has 21 heavy (non-hydrogen) atoms. The van der Waals surface area contributed by atoms with Gasteiger partial charge in [-0.15, -0.1) is 11.3 Å². The zero-order valence-corrected chi connectivity index (χ0v) is 14.8. The zero-order chi connectivity index (χ0) is 15.0. The summed E-state index contributed by atoms with van der Waals surface area (Å²) in [4.78, 5) is 10.2. The van der Waals surface area contributed by atoms with Crippen molar-refractivity contribution in [2.45, 2.75) is 49.1 Å². The van der Waals surface area contributed by atoms with Gasteiger partial charge in [0.15, 0.2) is 9.30 Å². The van der Waals surface area contributed by atoms with Crippen LogP contribution in [0.3, 0.4) is 0 Å². The molecule has 3 heterocycles. The van der Waals surface area contributed by atoms with Crippen molar-refractivity contribution in [1.29, 1.82) is 0 Å². The number of nitrogens with zero attached hydrogens (tertiary/aromatic N) is 4. The molecule has 0 fully saturated rings. The van der Waals surface area contributed by atoms with E-state index < -0.39 is 0 Å². The maximum absolute atomic E-state index is 4.72. The minimum atomic E-state index is 0.0709. The first-order valence-corrected chi connectivity index (χ1v) is 9.07. The summed E-state index contributed by atoms with van der Waals surface area (Å²) in [5, 5.41) is 6.61. The Hall–Kier alpha value is -0.960. The number of rotatable bonds is 4. The fourth-order valence-electron chi connectivity index (χ4n) is 1.81. The number of aromatic nitrogens is 4. The molecule has 0 radical (unpaired) electrons. The Morgan fingerprint density at radius 3 is 2.81 bits per heavy atom. The van der Waals surface area contributed by atoms with Gasteiger partial charge in [-0.05, 0) is 51.0 Å². The van der Waals surface area contributed by atoms with Crippen LogP contribution >= 0.6 is 34.6 Å². The Morgan fingerprint density at radius 1 is 1.33 bits per heavy atom. The van der Waals surface area contributed by atoms with Crippen molar-refractivity contribution in [2.24, 2.45) is 0 Å². The average molecular weight is 340 g/mol. The summed E-state index contributed by atoms with van der Waals surface area (Å²) in [6, 6.07) is 0. The Morgan fingerprint density at radius 2 is 2.14 bits per heavy atom. The zero-order valence-electron chi connectivity index (χ0n) is 12.4. The molecule has 1 N–H and O–H groups in total. The fraction of sp³-hybridized carbons (Fsp3) is 0.462. The molecule has 0 bridgehead atoms. The van der Waals surface area contributed by atoms with Gasteiger partial charge in [0.1, 0.15) is 10.9 Å². The molecule has 0 aromatic carbocycles. The van der Waals surface area contributed by atoms with E-state index in [4.69, 9.17) is 4.98 Å². The molecule has 3 aromatic heterocycles. The minimum Gasteiger partial charge on any atom is -0.306 e. The van der Waals surface area contributed by atoms with E-state index >= 15 is 0 Å². The van der Waals surface area contributed by atoms with Gasteiger partial charge in [-0.25, -0.2) is 9.97 Å². The molecule has 0 aliphatic heterocycles. The molecule has 0 amide bonds. The number of nitrogens with one attached hydrogen (secondary N) is 1. The van der Waals surface area contributed by atoms with Crippen LogP contribution in [-0.2, 0) is 6.54 Å². The monoisotopic (exact) mass is 339 g/mol. The number of fused-ring (bicyclic) bond motifs is 1. The lowest BCUT2D eigenvalue weighted by Gasteiger charge is -2.20. The van der Waals surface area contributed by atoms with Crippen molar-refractivity contribution in [3.05, 3.63) is 23.1 Å². The highest BCUT2D eigenvalue weighted by molar-refractivity contribution is 8.00. The fourth-order valence-corrected chi connectivity index (χ4v) is 4.28. The van der Waals surface area contributed by atoms with Gasteiger partial charge >= 0.3 is 0 Å². The van der Waals surface area contributed by atoms with Crippen molar-refractivity contribution in [3.63, 3.8) is 0 Å². The first kappa shape index (κ1) is 15.0. The van der Waals surface area contributed by atoms with Crippen LogP contribution in [0.5, 0.6) is 0 Å². The number of hydrogen-bond donors (Lipinski definition) is 1. The average Bonchev–Trinajstić information content (AvgIpc) is 3.03. The third kappa shape index (κ3) is 3.45. The van der Waals surface area contributed by atoms with Crippen molar-refractivity contribution in [2.75, 3.05) is 0 Å². The molecule has 112 valence electrons. The van der Waals surface area contributed by atoms with E-state index in [9.17, 15) is 0 Å². The first-order chi connectivity index (χ1) is 9.92. The van der Waals surface area contributed by atoms with Crippen LogP contribution in [0.25, 0.3) is 4.96 Å². The van der Waals surface area contributed by atoms with Crippen molar-refractivity contribution in [1.82, 2.24) is 24.1 Å². The van der Waals surface area contributed by atoms with E-state index in [1.54, 1.807) is 23.1 Å². The largest absolute Gasteiger partial charge is 0.306 e. The third-order valence-electron chi connectivity index (χ3n) is 2.80. The molecule has 3 aromatic rings. The van der Waals surface area contributed by atoms with Gasteiger partial charge in [-0.3, -0.25) is 4.40 Å². The van der Waals surface area contributed by atoms with Crippen LogP contribution in [0.4, 0.5) is 0 Å². The van der Waals surface area contributed by atoms with Crippen molar-refractivity contribution >= 4 is 39.6 Å². The van der Waals surface area contributed by atoms with Crippen LogP contribution in [0.2, 0.25) is 0 Å². The molecule has 0 saturated carbocycles. The summed E-state index contributed by atoms with van der Waals surface area (Å²) in [7, 11) is 0. The lowest BCUT2D eigenvalue weighted by Crippen LogP contribution is -2.35. The standard InChI is InChI=1S/C13H17N5S3/c1-8-15-12(21-17-8)20-10-9(7-14-13(2,3)4)18-5-6-19-11(18)16-10/h5-6,14H,7H2,1-4H3. The highest BCUT2D eigenvalue weighted by Gasteiger charge is 2.18. The quantitative estimate of drug-likeness (QED) is 0.787. The maximum atomic E-state index is 4.72. The minimum absolute atomic E-state index is 0.0709. The maximum Gasteiger partial charge on any atom is 0.194 e. The van der Waals surface area contributed by atoms with E-state index in [0.717, 1.165) is 26.7 Å². The van der Waals surface area contributed by atoms with Crippen LogP contribution in [0, 0.1) is 6.92 Å². The predicted octanol–water partition coefficient (Wildman–Crippen LogP) is 3.60. The van der Waals surface area contributed by atoms with Gasteiger partial charge in [0.2, 0.25) is 0 Å². The van der Waals surface area contributed by atoms with Gasteiger partial charge in [0.25, 0.3) is 0 Å². The predicted molar refractivity (Wildman–Crippen MR) is 88.4 cm³/mol. The van der Waals surface area contributed by atoms with Crippen LogP contribution in [0.1, 0.15) is 32.3 Å². The van der Waals surface area contributed by atoms with Gasteiger partial charge in [0, 0.05) is 23.7 Å². The number of imidazole rings is 1. The number of thiazole rings is 1. The van der Waals surface area contributed by atoms with Gasteiger partial charge < -0.3 is 5.32 Å². The van der Waals surface area contributed by atoms with Crippen molar-refractivity contribution in [3.8, 4) is 0 Å². The van der Waals surface area contributed by atoms with E-state index in [1.807, 2.05) is 6.92 Å². The van der Waals surface area contributed by atoms with Crippen LogP contribution in [-0.4, -0.2) is 24.3 Å². The molecular formula is C13H17N5S3. The van der Waals surface area contributed by atoms with Crippen LogP contribution < -0.4 is 5.32 Å². The topological polar surface area (TPSA) is 55.1 Å². The van der Waals surface area contributed by atoms with Gasteiger partial charge in [-0.1, -0.05) is 0 Å². The molecular weight excluding hydrogens is 322 g/mol. The smallest absolute Gasteiger partial charge is 0.194 e. The summed E-state index contributed by atoms with van der Waals surface area (Å²) in [5.41, 5.74) is 1.25. The molecule has 5 nitrogen and oxygen atoms in total. The molecule has 3 rings (SSSR count). The Kier molecular flexibility index (Phi) is 4.04. The molecule has 0 aliphatic carbocycles. The Bertz CT molecular complexity index is 749. The second kappa shape index (κ2) is 5.68. The number of aryl methyl sites for hydroxylation is 1. The lowest BCUT2D eigenvalue weighted by atomic mass is 10.1. The Labute approximate surface area is 136 Å². The van der Waals surface area contributed by atoms with E-state index in [-0.39, 0.29) is 5.54 Å². The number of hydrogen-bond acceptors (Lipinski definition) is 7. The van der Waals surface area contributed by atoms with Crippen molar-refractivity contribution < 1.29 is 0 Å². The molecule has 0 aliphatic rings. The van der Waals surface area contributed by atoms with E-state index in [0.29, 0.717) is 0 Å². The molecule has 8 heteroatoms. The summed E-state index contributed by atoms with van der Waals surface area (Å²) < 4.78 is 7.32. The normalized spacial score (nSPS) is 12.4. The van der Waals surface area contributed by atoms with Gasteiger partial charge in [-0.2, -0.15) is 4.37 Å². The second-order valence-corrected chi connectivity index (χ2v) is 8.59. The summed E-state index contributed by atoms with van der Waals surface area (Å²) in [6.45, 7) is 9.19. The highest BCUT2D eigenvalue weighted by atomic mass is 32.2. The Balaban J connectivity index is 1.91. The highest BCUT2D eigenvalue weighted by Crippen LogP contribution is 2.32. The molecule has 0 unspecified atom stereocenters.